The lowest BCUT2D eigenvalue weighted by atomic mass is 10.1. The molecule has 0 amide bonds. The van der Waals surface area contributed by atoms with Gasteiger partial charge in [0.15, 0.2) is 0 Å². The van der Waals surface area contributed by atoms with E-state index in [0.717, 1.165) is 50.2 Å². The van der Waals surface area contributed by atoms with E-state index in [-0.39, 0.29) is 11.9 Å². The Balaban J connectivity index is 2.04. The Hall–Kier alpha value is -1.13. The lowest BCUT2D eigenvalue weighted by Gasteiger charge is -2.30. The van der Waals surface area contributed by atoms with Gasteiger partial charge in [0, 0.05) is 38.0 Å². The monoisotopic (exact) mass is 294 g/mol. The van der Waals surface area contributed by atoms with Crippen molar-refractivity contribution < 1.29 is 9.13 Å². The molecule has 0 radical (unpaired) electrons. The summed E-state index contributed by atoms with van der Waals surface area (Å²) in [6.45, 7) is 5.27. The number of hydrogen-bond donors (Lipinski definition) is 1. The summed E-state index contributed by atoms with van der Waals surface area (Å²) in [6.07, 6.45) is 4.81. The van der Waals surface area contributed by atoms with Crippen LogP contribution < -0.4 is 10.2 Å². The van der Waals surface area contributed by atoms with E-state index >= 15 is 0 Å². The molecule has 0 bridgehead atoms. The zero-order valence-corrected chi connectivity index (χ0v) is 13.2. The van der Waals surface area contributed by atoms with Crippen LogP contribution >= 0.6 is 0 Å². The lowest BCUT2D eigenvalue weighted by molar-refractivity contribution is 0.0216. The molecule has 1 aliphatic rings. The second-order valence-electron chi connectivity index (χ2n) is 5.78. The maximum atomic E-state index is 14.1. The summed E-state index contributed by atoms with van der Waals surface area (Å²) in [7, 11) is 2.02. The maximum absolute atomic E-state index is 14.1. The van der Waals surface area contributed by atoms with Gasteiger partial charge in [-0.2, -0.15) is 0 Å². The molecule has 0 saturated carbocycles. The van der Waals surface area contributed by atoms with Gasteiger partial charge in [-0.25, -0.2) is 4.39 Å². The number of nitrogens with one attached hydrogen (secondary N) is 1. The first-order valence-electron chi connectivity index (χ1n) is 8.03. The summed E-state index contributed by atoms with van der Waals surface area (Å²) < 4.78 is 19.9. The third kappa shape index (κ3) is 4.68. The molecule has 2 rings (SSSR count). The number of likely N-dealkylation sites (N-methyl/N-ethyl adjacent to an activating group) is 1. The van der Waals surface area contributed by atoms with Crippen LogP contribution in [0.4, 0.5) is 10.1 Å². The number of ether oxygens (including phenoxy) is 1. The highest BCUT2D eigenvalue weighted by molar-refractivity contribution is 5.53. The average molecular weight is 294 g/mol. The van der Waals surface area contributed by atoms with Gasteiger partial charge in [0.25, 0.3) is 0 Å². The Morgan fingerprint density at radius 3 is 2.95 bits per heavy atom. The molecule has 1 aromatic carbocycles. The van der Waals surface area contributed by atoms with Crippen molar-refractivity contribution in [2.45, 2.75) is 45.3 Å². The maximum Gasteiger partial charge on any atom is 0.129 e. The molecule has 1 fully saturated rings. The highest BCUT2D eigenvalue weighted by Crippen LogP contribution is 2.24. The smallest absolute Gasteiger partial charge is 0.129 e. The minimum absolute atomic E-state index is 0.132. The molecule has 3 nitrogen and oxygen atoms in total. The van der Waals surface area contributed by atoms with E-state index in [4.69, 9.17) is 4.74 Å². The number of hydrogen-bond acceptors (Lipinski definition) is 3. The van der Waals surface area contributed by atoms with Crippen molar-refractivity contribution >= 4 is 5.69 Å². The van der Waals surface area contributed by atoms with E-state index in [0.29, 0.717) is 6.54 Å². The van der Waals surface area contributed by atoms with Crippen molar-refractivity contribution in [1.29, 1.82) is 0 Å². The molecular weight excluding hydrogens is 267 g/mol. The molecule has 1 saturated heterocycles. The molecule has 1 atom stereocenters. The Kier molecular flexibility index (Phi) is 6.46. The largest absolute Gasteiger partial charge is 0.376 e. The summed E-state index contributed by atoms with van der Waals surface area (Å²) >= 11 is 0. The molecule has 21 heavy (non-hydrogen) atoms. The summed E-state index contributed by atoms with van der Waals surface area (Å²) in [5, 5.41) is 3.29. The quantitative estimate of drug-likeness (QED) is 0.781. The number of rotatable bonds is 7. The molecule has 0 spiro atoms. The Morgan fingerprint density at radius 2 is 2.24 bits per heavy atom. The van der Waals surface area contributed by atoms with E-state index in [1.807, 2.05) is 13.1 Å². The number of anilines is 1. The fourth-order valence-electron chi connectivity index (χ4n) is 2.83. The van der Waals surface area contributed by atoms with Crippen LogP contribution in [0, 0.1) is 5.82 Å². The van der Waals surface area contributed by atoms with Crippen LogP contribution in [0.5, 0.6) is 0 Å². The van der Waals surface area contributed by atoms with Gasteiger partial charge in [0.2, 0.25) is 0 Å². The molecule has 1 heterocycles. The molecule has 1 N–H and O–H groups in total. The van der Waals surface area contributed by atoms with E-state index in [1.165, 1.54) is 12.5 Å². The predicted molar refractivity (Wildman–Crippen MR) is 85.3 cm³/mol. The van der Waals surface area contributed by atoms with Gasteiger partial charge < -0.3 is 15.0 Å². The molecule has 4 heteroatoms. The highest BCUT2D eigenvalue weighted by atomic mass is 19.1. The summed E-state index contributed by atoms with van der Waals surface area (Å²) in [5.74, 6) is -0.132. The molecule has 0 aliphatic carbocycles. The molecule has 0 aromatic heterocycles. The second kappa shape index (κ2) is 8.35. The summed E-state index contributed by atoms with van der Waals surface area (Å²) in [5.41, 5.74) is 1.72. The Labute approximate surface area is 127 Å². The molecule has 1 unspecified atom stereocenters. The fraction of sp³-hybridized carbons (Fsp3) is 0.647. The van der Waals surface area contributed by atoms with E-state index in [1.54, 1.807) is 6.07 Å². The number of halogens is 1. The number of benzene rings is 1. The van der Waals surface area contributed by atoms with Crippen LogP contribution in [0.2, 0.25) is 0 Å². The summed E-state index contributed by atoms with van der Waals surface area (Å²) in [6, 6.07) is 5.32. The van der Waals surface area contributed by atoms with Crippen LogP contribution in [0.25, 0.3) is 0 Å². The normalized spacial score (nSPS) is 18.7. The van der Waals surface area contributed by atoms with Crippen LogP contribution in [-0.2, 0) is 11.3 Å². The van der Waals surface area contributed by atoms with Crippen molar-refractivity contribution in [1.82, 2.24) is 5.32 Å². The van der Waals surface area contributed by atoms with Gasteiger partial charge in [-0.3, -0.25) is 0 Å². The molecular formula is C17H27FN2O. The van der Waals surface area contributed by atoms with Crippen molar-refractivity contribution in [3.8, 4) is 0 Å². The van der Waals surface area contributed by atoms with Crippen molar-refractivity contribution in [3.63, 3.8) is 0 Å². The van der Waals surface area contributed by atoms with E-state index in [2.05, 4.69) is 17.1 Å². The van der Waals surface area contributed by atoms with Crippen molar-refractivity contribution in [3.05, 3.63) is 29.6 Å². The molecule has 118 valence electrons. The average Bonchev–Trinajstić information content (AvgIpc) is 2.50. The zero-order chi connectivity index (χ0) is 15.1. The van der Waals surface area contributed by atoms with Crippen LogP contribution in [0.15, 0.2) is 18.2 Å². The Bertz CT molecular complexity index is 433. The summed E-state index contributed by atoms with van der Waals surface area (Å²) in [4.78, 5) is 2.13. The molecule has 1 aromatic rings. The van der Waals surface area contributed by atoms with Gasteiger partial charge >= 0.3 is 0 Å². The molecule has 1 aliphatic heterocycles. The third-order valence-corrected chi connectivity index (χ3v) is 3.99. The van der Waals surface area contributed by atoms with Gasteiger partial charge in [0.05, 0.1) is 6.10 Å². The van der Waals surface area contributed by atoms with Crippen LogP contribution in [0.3, 0.4) is 0 Å². The minimum atomic E-state index is -0.132. The van der Waals surface area contributed by atoms with Crippen molar-refractivity contribution in [2.24, 2.45) is 0 Å². The highest BCUT2D eigenvalue weighted by Gasteiger charge is 2.18. The van der Waals surface area contributed by atoms with Gasteiger partial charge in [-0.1, -0.05) is 13.0 Å². The fourth-order valence-corrected chi connectivity index (χ4v) is 2.83. The van der Waals surface area contributed by atoms with E-state index in [9.17, 15) is 4.39 Å². The zero-order valence-electron chi connectivity index (χ0n) is 13.2. The second-order valence-corrected chi connectivity index (χ2v) is 5.78. The van der Waals surface area contributed by atoms with Gasteiger partial charge in [-0.05, 0) is 44.4 Å². The van der Waals surface area contributed by atoms with E-state index < -0.39 is 0 Å². The topological polar surface area (TPSA) is 24.5 Å². The first kappa shape index (κ1) is 16.2. The predicted octanol–water partition coefficient (Wildman–Crippen LogP) is 3.33. The van der Waals surface area contributed by atoms with Crippen LogP contribution in [-0.4, -0.2) is 32.8 Å². The first-order valence-corrected chi connectivity index (χ1v) is 8.03. The van der Waals surface area contributed by atoms with Gasteiger partial charge in [-0.15, -0.1) is 0 Å². The van der Waals surface area contributed by atoms with Gasteiger partial charge in [0.1, 0.15) is 5.82 Å². The first-order chi connectivity index (χ1) is 10.2. The lowest BCUT2D eigenvalue weighted by Crippen LogP contribution is -2.34. The SMILES string of the molecule is CCCNCc1c(F)cccc1N(C)CC1CCCCO1. The van der Waals surface area contributed by atoms with Crippen LogP contribution in [0.1, 0.15) is 38.2 Å². The number of nitrogens with zero attached hydrogens (tertiary/aromatic N) is 1. The Morgan fingerprint density at radius 1 is 1.38 bits per heavy atom. The van der Waals surface area contributed by atoms with Crippen molar-refractivity contribution in [2.75, 3.05) is 31.6 Å². The standard InChI is InChI=1S/C17H27FN2O/c1-3-10-19-12-15-16(18)8-6-9-17(15)20(2)13-14-7-4-5-11-21-14/h6,8-9,14,19H,3-5,7,10-13H2,1-2H3. The third-order valence-electron chi connectivity index (χ3n) is 3.99. The minimum Gasteiger partial charge on any atom is -0.376 e.